The summed E-state index contributed by atoms with van der Waals surface area (Å²) in [7, 11) is -2.45. The number of hydrogen-bond donors (Lipinski definition) is 1. The first kappa shape index (κ1) is 22.2. The zero-order chi connectivity index (χ0) is 22.1. The highest BCUT2D eigenvalue weighted by Crippen LogP contribution is 2.32. The Bertz CT molecular complexity index is 1050. The molecule has 0 aromatic heterocycles. The first-order valence-corrected chi connectivity index (χ1v) is 11.3. The summed E-state index contributed by atoms with van der Waals surface area (Å²) in [6.07, 6.45) is 0.971. The molecule has 3 rings (SSSR count). The smallest absolute Gasteiger partial charge is 0.255 e. The van der Waals surface area contributed by atoms with Crippen molar-refractivity contribution in [1.82, 2.24) is 4.31 Å². The maximum absolute atomic E-state index is 13.8. The summed E-state index contributed by atoms with van der Waals surface area (Å²) in [5, 5.41) is 2.61. The Morgan fingerprint density at radius 2 is 1.80 bits per heavy atom. The van der Waals surface area contributed by atoms with Crippen molar-refractivity contribution in [3.63, 3.8) is 0 Å². The van der Waals surface area contributed by atoms with Crippen molar-refractivity contribution in [2.45, 2.75) is 32.1 Å². The average molecular weight is 435 g/mol. The van der Waals surface area contributed by atoms with Crippen LogP contribution in [0, 0.1) is 24.6 Å². The second-order valence-corrected chi connectivity index (χ2v) is 9.96. The topological polar surface area (TPSA) is 75.7 Å². The number of rotatable bonds is 5. The third-order valence-corrected chi connectivity index (χ3v) is 7.16. The number of methoxy groups -OCH3 is 1. The third-order valence-electron chi connectivity index (χ3n) is 5.31. The highest BCUT2D eigenvalue weighted by atomic mass is 32.2. The summed E-state index contributed by atoms with van der Waals surface area (Å²) < 4.78 is 47.2. The van der Waals surface area contributed by atoms with Crippen LogP contribution in [0.3, 0.4) is 0 Å². The van der Waals surface area contributed by atoms with Gasteiger partial charge in [0, 0.05) is 24.3 Å². The minimum absolute atomic E-state index is 0.0472. The number of nitrogens with zero attached hydrogens (tertiary/aromatic N) is 1. The Hall–Kier alpha value is -2.45. The minimum atomic E-state index is -3.84. The Morgan fingerprint density at radius 3 is 2.40 bits per heavy atom. The molecule has 8 heteroatoms. The molecule has 6 nitrogen and oxygen atoms in total. The molecule has 30 heavy (non-hydrogen) atoms. The van der Waals surface area contributed by atoms with E-state index < -0.39 is 21.7 Å². The van der Waals surface area contributed by atoms with Crippen LogP contribution in [0.4, 0.5) is 10.1 Å². The number of ether oxygens (including phenoxy) is 1. The SMILES string of the molecule is COc1ccc(C(=O)Nc2ccc(C)c(F)c2)cc1S(=O)(=O)N1CC(C)CC(C)C1. The molecule has 0 aliphatic carbocycles. The number of piperidine rings is 1. The normalized spacial score (nSPS) is 20.0. The molecular formula is C22H27FN2O4S. The number of carbonyl (C=O) groups excluding carboxylic acids is 1. The zero-order valence-electron chi connectivity index (χ0n) is 17.6. The predicted molar refractivity (Wildman–Crippen MR) is 114 cm³/mol. The van der Waals surface area contributed by atoms with Crippen molar-refractivity contribution in [1.29, 1.82) is 0 Å². The van der Waals surface area contributed by atoms with Crippen LogP contribution in [0.15, 0.2) is 41.3 Å². The van der Waals surface area contributed by atoms with Crippen LogP contribution in [0.5, 0.6) is 5.75 Å². The van der Waals surface area contributed by atoms with Gasteiger partial charge < -0.3 is 10.1 Å². The van der Waals surface area contributed by atoms with E-state index in [-0.39, 0.29) is 28.0 Å². The third kappa shape index (κ3) is 4.65. The summed E-state index contributed by atoms with van der Waals surface area (Å²) >= 11 is 0. The lowest BCUT2D eigenvalue weighted by Gasteiger charge is -2.34. The second kappa shape index (κ2) is 8.73. The van der Waals surface area contributed by atoms with E-state index in [0.29, 0.717) is 24.3 Å². The van der Waals surface area contributed by atoms with Gasteiger partial charge in [-0.1, -0.05) is 19.9 Å². The number of hydrogen-bond acceptors (Lipinski definition) is 4. The minimum Gasteiger partial charge on any atom is -0.495 e. The number of benzene rings is 2. The molecule has 2 aromatic rings. The molecule has 1 amide bonds. The van der Waals surface area contributed by atoms with Gasteiger partial charge in [0.2, 0.25) is 10.0 Å². The standard InChI is InChI=1S/C22H27FN2O4S/c1-14-9-15(2)13-25(12-14)30(27,28)21-10-17(6-8-20(21)29-4)22(26)24-18-7-5-16(3)19(23)11-18/h5-8,10-11,14-15H,9,12-13H2,1-4H3,(H,24,26). The molecule has 1 heterocycles. The van der Waals surface area contributed by atoms with Crippen LogP contribution in [0.25, 0.3) is 0 Å². The Morgan fingerprint density at radius 1 is 1.13 bits per heavy atom. The summed E-state index contributed by atoms with van der Waals surface area (Å²) in [6, 6.07) is 8.65. The van der Waals surface area contributed by atoms with Gasteiger partial charge in [0.1, 0.15) is 16.5 Å². The van der Waals surface area contributed by atoms with Crippen LogP contribution in [0.1, 0.15) is 36.2 Å². The van der Waals surface area contributed by atoms with Crippen LogP contribution in [-0.4, -0.2) is 38.8 Å². The van der Waals surface area contributed by atoms with Crippen molar-refractivity contribution < 1.29 is 22.3 Å². The zero-order valence-corrected chi connectivity index (χ0v) is 18.4. The summed E-state index contributed by atoms with van der Waals surface area (Å²) in [5.41, 5.74) is 0.909. The van der Waals surface area contributed by atoms with Gasteiger partial charge in [-0.25, -0.2) is 12.8 Å². The fourth-order valence-electron chi connectivity index (χ4n) is 3.83. The van der Waals surface area contributed by atoms with Crippen LogP contribution < -0.4 is 10.1 Å². The van der Waals surface area contributed by atoms with E-state index in [1.165, 1.54) is 35.7 Å². The predicted octanol–water partition coefficient (Wildman–Crippen LogP) is 4.06. The van der Waals surface area contributed by atoms with Gasteiger partial charge in [-0.3, -0.25) is 4.79 Å². The van der Waals surface area contributed by atoms with E-state index >= 15 is 0 Å². The van der Waals surface area contributed by atoms with Crippen LogP contribution in [-0.2, 0) is 10.0 Å². The molecule has 2 atom stereocenters. The van der Waals surface area contributed by atoms with Crippen molar-refractivity contribution in [2.75, 3.05) is 25.5 Å². The highest BCUT2D eigenvalue weighted by Gasteiger charge is 2.34. The maximum atomic E-state index is 13.8. The number of aryl methyl sites for hydroxylation is 1. The summed E-state index contributed by atoms with van der Waals surface area (Å²) in [6.45, 7) is 6.54. The number of halogens is 1. The van der Waals surface area contributed by atoms with Crippen molar-refractivity contribution in [3.05, 3.63) is 53.3 Å². The lowest BCUT2D eigenvalue weighted by atomic mass is 9.94. The van der Waals surface area contributed by atoms with Gasteiger partial charge in [0.05, 0.1) is 7.11 Å². The fourth-order valence-corrected chi connectivity index (χ4v) is 5.70. The summed E-state index contributed by atoms with van der Waals surface area (Å²) in [5.74, 6) is -0.287. The van der Waals surface area contributed by atoms with Gasteiger partial charge in [0.15, 0.2) is 0 Å². The molecule has 162 valence electrons. The fraction of sp³-hybridized carbons (Fsp3) is 0.409. The van der Waals surface area contributed by atoms with E-state index in [0.717, 1.165) is 6.42 Å². The van der Waals surface area contributed by atoms with Gasteiger partial charge in [-0.05, 0) is 61.1 Å². The molecule has 0 spiro atoms. The Labute approximate surface area is 177 Å². The quantitative estimate of drug-likeness (QED) is 0.770. The number of amides is 1. The van der Waals surface area contributed by atoms with Crippen LogP contribution in [0.2, 0.25) is 0 Å². The van der Waals surface area contributed by atoms with Gasteiger partial charge in [-0.2, -0.15) is 4.31 Å². The average Bonchev–Trinajstić information content (AvgIpc) is 2.69. The second-order valence-electron chi connectivity index (χ2n) is 8.05. The molecule has 2 aromatic carbocycles. The van der Waals surface area contributed by atoms with E-state index in [1.807, 2.05) is 13.8 Å². The van der Waals surface area contributed by atoms with E-state index in [4.69, 9.17) is 4.74 Å². The molecule has 0 radical (unpaired) electrons. The van der Waals surface area contributed by atoms with Crippen molar-refractivity contribution in [3.8, 4) is 5.75 Å². The monoisotopic (exact) mass is 434 g/mol. The molecule has 1 aliphatic heterocycles. The van der Waals surface area contributed by atoms with Gasteiger partial charge in [0.25, 0.3) is 5.91 Å². The van der Waals surface area contributed by atoms with Gasteiger partial charge >= 0.3 is 0 Å². The molecule has 1 fully saturated rings. The number of nitrogens with one attached hydrogen (secondary N) is 1. The lowest BCUT2D eigenvalue weighted by molar-refractivity contribution is 0.102. The van der Waals surface area contributed by atoms with E-state index in [9.17, 15) is 17.6 Å². The van der Waals surface area contributed by atoms with E-state index in [1.54, 1.807) is 19.1 Å². The Balaban J connectivity index is 1.92. The van der Waals surface area contributed by atoms with E-state index in [2.05, 4.69) is 5.32 Å². The maximum Gasteiger partial charge on any atom is 0.255 e. The molecule has 1 saturated heterocycles. The molecule has 1 aliphatic rings. The van der Waals surface area contributed by atoms with Gasteiger partial charge in [-0.15, -0.1) is 0 Å². The van der Waals surface area contributed by atoms with Crippen molar-refractivity contribution in [2.24, 2.45) is 11.8 Å². The number of carbonyl (C=O) groups is 1. The van der Waals surface area contributed by atoms with Crippen molar-refractivity contribution >= 4 is 21.6 Å². The molecule has 2 unspecified atom stereocenters. The molecule has 1 N–H and O–H groups in total. The summed E-state index contributed by atoms with van der Waals surface area (Å²) in [4.78, 5) is 12.6. The first-order chi connectivity index (χ1) is 14.1. The highest BCUT2D eigenvalue weighted by molar-refractivity contribution is 7.89. The number of anilines is 1. The lowest BCUT2D eigenvalue weighted by Crippen LogP contribution is -2.42. The molecule has 0 bridgehead atoms. The first-order valence-electron chi connectivity index (χ1n) is 9.87. The van der Waals surface area contributed by atoms with Crippen LogP contribution >= 0.6 is 0 Å². The largest absolute Gasteiger partial charge is 0.495 e. The molecular weight excluding hydrogens is 407 g/mol. The Kier molecular flexibility index (Phi) is 6.47. The molecule has 0 saturated carbocycles. The number of sulfonamides is 1.